The van der Waals surface area contributed by atoms with Crippen molar-refractivity contribution < 1.29 is 34.4 Å². The molecule has 1 N–H and O–H groups in total. The molecule has 0 spiro atoms. The van der Waals surface area contributed by atoms with E-state index in [1.54, 1.807) is 6.07 Å². The number of allylic oxidation sites excluding steroid dienone is 2. The minimum Gasteiger partial charge on any atom is -0.512 e. The third-order valence-electron chi connectivity index (χ3n) is 5.15. The molecule has 0 aliphatic rings. The Morgan fingerprint density at radius 2 is 1.59 bits per heavy atom. The van der Waals surface area contributed by atoms with E-state index in [-0.39, 0.29) is 42.9 Å². The van der Waals surface area contributed by atoms with Gasteiger partial charge in [-0.25, -0.2) is 4.39 Å². The van der Waals surface area contributed by atoms with Gasteiger partial charge in [0.1, 0.15) is 11.6 Å². The molecule has 0 aliphatic heterocycles. The number of hydrogen-bond donors (Lipinski definition) is 1. The fraction of sp³-hybridized carbons (Fsp3) is 0.379. The third kappa shape index (κ3) is 8.14. The number of carbonyl (C=O) groups is 1. The van der Waals surface area contributed by atoms with E-state index >= 15 is 0 Å². The summed E-state index contributed by atoms with van der Waals surface area (Å²) in [4.78, 5) is 16.1. The Labute approximate surface area is 216 Å². The van der Waals surface area contributed by atoms with Crippen LogP contribution in [0, 0.1) is 43.5 Å². The van der Waals surface area contributed by atoms with Gasteiger partial charge in [-0.15, -0.1) is 34.9 Å². The van der Waals surface area contributed by atoms with Gasteiger partial charge in [0.05, 0.1) is 5.52 Å². The first-order valence-corrected chi connectivity index (χ1v) is 11.1. The van der Waals surface area contributed by atoms with Crippen LogP contribution in [0.5, 0.6) is 0 Å². The minimum atomic E-state index is -0.417. The molecule has 185 valence electrons. The van der Waals surface area contributed by atoms with Crippen LogP contribution in [-0.4, -0.2) is 15.9 Å². The predicted molar refractivity (Wildman–Crippen MR) is 135 cm³/mol. The van der Waals surface area contributed by atoms with E-state index in [9.17, 15) is 14.3 Å². The maximum absolute atomic E-state index is 13.4. The van der Waals surface area contributed by atoms with Gasteiger partial charge in [0.25, 0.3) is 0 Å². The first-order chi connectivity index (χ1) is 15.1. The van der Waals surface area contributed by atoms with Gasteiger partial charge in [-0.1, -0.05) is 67.0 Å². The second-order valence-corrected chi connectivity index (χ2v) is 10.6. The Bertz CT molecular complexity index is 1180. The topological polar surface area (TPSA) is 50.2 Å². The van der Waals surface area contributed by atoms with Crippen LogP contribution in [-0.2, 0) is 24.9 Å². The molecule has 0 saturated heterocycles. The molecule has 0 fully saturated rings. The number of benzene rings is 2. The van der Waals surface area contributed by atoms with Gasteiger partial charge in [-0.2, -0.15) is 0 Å². The van der Waals surface area contributed by atoms with Crippen LogP contribution in [0.25, 0.3) is 22.2 Å². The molecule has 1 radical (unpaired) electrons. The van der Waals surface area contributed by atoms with Crippen molar-refractivity contribution in [2.24, 2.45) is 10.8 Å². The zero-order chi connectivity index (χ0) is 25.1. The maximum atomic E-state index is 13.4. The van der Waals surface area contributed by atoms with Gasteiger partial charge >= 0.3 is 0 Å². The number of ketones is 1. The van der Waals surface area contributed by atoms with E-state index in [0.29, 0.717) is 5.52 Å². The maximum Gasteiger partial charge on any atom is 0.164 e. The number of fused-ring (bicyclic) bond motifs is 1. The second-order valence-electron chi connectivity index (χ2n) is 10.6. The molecule has 0 aliphatic carbocycles. The van der Waals surface area contributed by atoms with Crippen molar-refractivity contribution in [1.29, 1.82) is 0 Å². The van der Waals surface area contributed by atoms with E-state index in [1.807, 2.05) is 61.5 Å². The van der Waals surface area contributed by atoms with Crippen molar-refractivity contribution in [3.8, 4) is 11.3 Å². The average Bonchev–Trinajstić information content (AvgIpc) is 2.66. The second kappa shape index (κ2) is 11.4. The number of aromatic nitrogens is 1. The molecular weight excluding hydrogens is 606 g/mol. The van der Waals surface area contributed by atoms with Crippen molar-refractivity contribution >= 4 is 16.7 Å². The van der Waals surface area contributed by atoms with E-state index in [4.69, 9.17) is 0 Å². The number of pyridine rings is 1. The summed E-state index contributed by atoms with van der Waals surface area (Å²) in [6.45, 7) is 17.2. The van der Waals surface area contributed by atoms with Crippen LogP contribution in [0.15, 0.2) is 48.2 Å². The summed E-state index contributed by atoms with van der Waals surface area (Å²) in [5.41, 5.74) is 5.09. The first kappa shape index (κ1) is 29.7. The molecule has 5 heteroatoms. The number of rotatable bonds is 2. The van der Waals surface area contributed by atoms with Crippen LogP contribution in [0.1, 0.15) is 58.2 Å². The van der Waals surface area contributed by atoms with Crippen molar-refractivity contribution in [2.75, 3.05) is 0 Å². The number of nitrogens with zero attached hydrogens (tertiary/aromatic N) is 1. The molecule has 0 saturated carbocycles. The van der Waals surface area contributed by atoms with Crippen molar-refractivity contribution in [1.82, 2.24) is 4.98 Å². The van der Waals surface area contributed by atoms with Crippen molar-refractivity contribution in [3.63, 3.8) is 0 Å². The number of aryl methyl sites for hydroxylation is 3. The molecule has 3 rings (SSSR count). The van der Waals surface area contributed by atoms with Crippen molar-refractivity contribution in [2.45, 2.75) is 62.3 Å². The Kier molecular flexibility index (Phi) is 9.93. The third-order valence-corrected chi connectivity index (χ3v) is 5.15. The molecule has 1 heterocycles. The molecule has 3 nitrogen and oxygen atoms in total. The summed E-state index contributed by atoms with van der Waals surface area (Å²) >= 11 is 0. The zero-order valence-electron chi connectivity index (χ0n) is 21.6. The molecule has 1 aromatic heterocycles. The van der Waals surface area contributed by atoms with Crippen LogP contribution < -0.4 is 0 Å². The van der Waals surface area contributed by atoms with Crippen LogP contribution in [0.2, 0.25) is 0 Å². The molecule has 2 aromatic carbocycles. The monoisotopic (exact) mass is 641 g/mol. The largest absolute Gasteiger partial charge is 0.512 e. The average molecular weight is 641 g/mol. The Balaban J connectivity index is 0.000000364. The van der Waals surface area contributed by atoms with Gasteiger partial charge in [-0.3, -0.25) is 9.78 Å². The molecule has 34 heavy (non-hydrogen) atoms. The molecule has 3 aromatic rings. The minimum absolute atomic E-state index is 0. The molecule has 0 amide bonds. The summed E-state index contributed by atoms with van der Waals surface area (Å²) < 4.78 is 13.4. The Morgan fingerprint density at radius 1 is 0.971 bits per heavy atom. The number of aliphatic hydroxyl groups excluding tert-OH is 1. The summed E-state index contributed by atoms with van der Waals surface area (Å²) in [5.74, 6) is -0.156. The summed E-state index contributed by atoms with van der Waals surface area (Å²) in [7, 11) is 0. The normalized spacial score (nSPS) is 12.0. The quantitative estimate of drug-likeness (QED) is 0.176. The van der Waals surface area contributed by atoms with Gasteiger partial charge in [-0.05, 0) is 36.2 Å². The SMILES string of the molecule is CC(C)(C)C(=O)/C=C(\O)C(C)(C)C.Cc1[c-]c(-c2nc3cc(F)ccc3cc2C)cc(C)c1.[Ir]. The predicted octanol–water partition coefficient (Wildman–Crippen LogP) is 7.85. The standard InChI is InChI=1S/C18H15FN.C11H20O2.Ir/c1-11-6-12(2)8-15(7-11)18-13(3)9-14-4-5-16(19)10-17(14)20-18;1-10(2,3)8(12)7-9(13)11(4,5)6;/h4-7,9-10H,1-3H3;7,12H,1-6H3;/q-1;;/b;8-7-;. The molecule has 0 unspecified atom stereocenters. The fourth-order valence-electron chi connectivity index (χ4n) is 3.10. The van der Waals surface area contributed by atoms with Gasteiger partial charge in [0.15, 0.2) is 5.78 Å². The molecule has 0 bridgehead atoms. The first-order valence-electron chi connectivity index (χ1n) is 11.1. The number of hydrogen-bond acceptors (Lipinski definition) is 3. The fourth-order valence-corrected chi connectivity index (χ4v) is 3.10. The molecule has 0 atom stereocenters. The summed E-state index contributed by atoms with van der Waals surface area (Å²) in [6, 6.07) is 14.2. The Hall–Kier alpha value is -2.36. The Morgan fingerprint density at radius 3 is 2.12 bits per heavy atom. The van der Waals surface area contributed by atoms with Gasteiger partial charge in [0, 0.05) is 37.0 Å². The summed E-state index contributed by atoms with van der Waals surface area (Å²) in [5, 5.41) is 10.5. The van der Waals surface area contributed by atoms with Gasteiger partial charge < -0.3 is 5.11 Å². The summed E-state index contributed by atoms with van der Waals surface area (Å²) in [6.07, 6.45) is 1.33. The number of carbonyl (C=O) groups excluding carboxylic acids is 1. The van der Waals surface area contributed by atoms with E-state index in [1.165, 1.54) is 23.8 Å². The van der Waals surface area contributed by atoms with Crippen LogP contribution >= 0.6 is 0 Å². The smallest absolute Gasteiger partial charge is 0.164 e. The van der Waals surface area contributed by atoms with Crippen LogP contribution in [0.4, 0.5) is 4.39 Å². The number of aliphatic hydroxyl groups is 1. The zero-order valence-corrected chi connectivity index (χ0v) is 24.0. The van der Waals surface area contributed by atoms with E-state index in [0.717, 1.165) is 27.8 Å². The van der Waals surface area contributed by atoms with Crippen LogP contribution in [0.3, 0.4) is 0 Å². The number of halogens is 1. The van der Waals surface area contributed by atoms with Gasteiger partial charge in [0.2, 0.25) is 0 Å². The van der Waals surface area contributed by atoms with E-state index in [2.05, 4.69) is 30.1 Å². The van der Waals surface area contributed by atoms with Crippen molar-refractivity contribution in [3.05, 3.63) is 76.8 Å². The van der Waals surface area contributed by atoms with E-state index < -0.39 is 5.41 Å². The molecular formula is C29H35FIrNO2-.